The molecule has 0 bridgehead atoms. The van der Waals surface area contributed by atoms with E-state index in [4.69, 9.17) is 0 Å². The third kappa shape index (κ3) is 2.19. The van der Waals surface area contributed by atoms with E-state index in [9.17, 15) is 0 Å². The number of hydrogen-bond donors (Lipinski definition) is 1. The molecule has 0 aliphatic heterocycles. The van der Waals surface area contributed by atoms with Crippen LogP contribution in [0, 0.1) is 0 Å². The van der Waals surface area contributed by atoms with Crippen molar-refractivity contribution >= 4 is 12.6 Å². The fourth-order valence-corrected chi connectivity index (χ4v) is 2.57. The summed E-state index contributed by atoms with van der Waals surface area (Å²) < 4.78 is 2.06. The molecular formula is C11H19N3S. The van der Waals surface area contributed by atoms with E-state index < -0.39 is 0 Å². The average molecular weight is 225 g/mol. The van der Waals surface area contributed by atoms with E-state index >= 15 is 0 Å². The summed E-state index contributed by atoms with van der Waals surface area (Å²) in [6.45, 7) is 4.31. The normalized spacial score (nSPS) is 22.3. The molecular weight excluding hydrogens is 206 g/mol. The Hall–Kier alpha value is -0.510. The summed E-state index contributed by atoms with van der Waals surface area (Å²) in [5, 5.41) is 8.83. The molecule has 15 heavy (non-hydrogen) atoms. The van der Waals surface area contributed by atoms with E-state index in [2.05, 4.69) is 41.5 Å². The van der Waals surface area contributed by atoms with Crippen LogP contribution in [0.5, 0.6) is 0 Å². The van der Waals surface area contributed by atoms with Crippen molar-refractivity contribution in [2.24, 2.45) is 0 Å². The highest BCUT2D eigenvalue weighted by Crippen LogP contribution is 2.31. The number of fused-ring (bicyclic) bond motifs is 1. The lowest BCUT2D eigenvalue weighted by Gasteiger charge is -2.16. The van der Waals surface area contributed by atoms with Gasteiger partial charge in [0.1, 0.15) is 0 Å². The van der Waals surface area contributed by atoms with Gasteiger partial charge >= 0.3 is 0 Å². The van der Waals surface area contributed by atoms with E-state index in [0.717, 1.165) is 18.5 Å². The minimum atomic E-state index is 0.285. The zero-order chi connectivity index (χ0) is 10.8. The molecule has 2 rings (SSSR count). The second-order valence-corrected chi connectivity index (χ2v) is 5.20. The number of thiol groups is 1. The van der Waals surface area contributed by atoms with Gasteiger partial charge in [-0.25, -0.2) is 4.68 Å². The maximum Gasteiger partial charge on any atom is 0.0986 e. The third-order valence-corrected chi connectivity index (χ3v) is 3.52. The number of hydrogen-bond acceptors (Lipinski definition) is 3. The lowest BCUT2D eigenvalue weighted by atomic mass is 10.0. The first-order valence-corrected chi connectivity index (χ1v) is 6.34. The van der Waals surface area contributed by atoms with Gasteiger partial charge in [-0.1, -0.05) is 18.1 Å². The summed E-state index contributed by atoms with van der Waals surface area (Å²) >= 11 is 4.62. The van der Waals surface area contributed by atoms with Crippen molar-refractivity contribution in [2.45, 2.75) is 57.2 Å². The molecule has 1 unspecified atom stereocenters. The Kier molecular flexibility index (Phi) is 3.34. The fraction of sp³-hybridized carbons (Fsp3) is 0.818. The first kappa shape index (κ1) is 11.0. The Morgan fingerprint density at radius 3 is 2.87 bits per heavy atom. The van der Waals surface area contributed by atoms with Gasteiger partial charge in [0.15, 0.2) is 0 Å². The average Bonchev–Trinajstić information content (AvgIpc) is 2.57. The largest absolute Gasteiger partial charge is 0.247 e. The molecule has 0 N–H and O–H groups in total. The lowest BCUT2D eigenvalue weighted by molar-refractivity contribution is 0.485. The van der Waals surface area contributed by atoms with Crippen molar-refractivity contribution in [1.82, 2.24) is 15.0 Å². The van der Waals surface area contributed by atoms with Crippen molar-refractivity contribution in [3.8, 4) is 0 Å². The van der Waals surface area contributed by atoms with E-state index in [1.54, 1.807) is 0 Å². The molecule has 0 saturated carbocycles. The zero-order valence-corrected chi connectivity index (χ0v) is 10.4. The van der Waals surface area contributed by atoms with E-state index in [1.165, 1.54) is 25.0 Å². The Morgan fingerprint density at radius 1 is 1.33 bits per heavy atom. The van der Waals surface area contributed by atoms with E-state index in [1.807, 2.05) is 0 Å². The molecule has 1 atom stereocenters. The third-order valence-electron chi connectivity index (χ3n) is 3.02. The van der Waals surface area contributed by atoms with Crippen LogP contribution in [0.2, 0.25) is 0 Å². The molecule has 0 fully saturated rings. The van der Waals surface area contributed by atoms with Gasteiger partial charge in [0, 0.05) is 11.3 Å². The fourth-order valence-electron chi connectivity index (χ4n) is 2.19. The highest BCUT2D eigenvalue weighted by atomic mass is 32.1. The molecule has 0 radical (unpaired) electrons. The van der Waals surface area contributed by atoms with Crippen LogP contribution in [-0.2, 0) is 6.42 Å². The predicted molar refractivity (Wildman–Crippen MR) is 64.3 cm³/mol. The summed E-state index contributed by atoms with van der Waals surface area (Å²) in [6.07, 6.45) is 6.07. The Bertz CT molecular complexity index is 333. The topological polar surface area (TPSA) is 30.7 Å². The molecule has 1 aromatic rings. The van der Waals surface area contributed by atoms with Crippen molar-refractivity contribution in [2.75, 3.05) is 0 Å². The molecule has 0 spiro atoms. The van der Waals surface area contributed by atoms with Gasteiger partial charge in [0.05, 0.1) is 11.4 Å². The Balaban J connectivity index is 2.35. The molecule has 3 nitrogen and oxygen atoms in total. The predicted octanol–water partition coefficient (Wildman–Crippen LogP) is 2.95. The van der Waals surface area contributed by atoms with Gasteiger partial charge in [-0.3, -0.25) is 0 Å². The van der Waals surface area contributed by atoms with Crippen LogP contribution >= 0.6 is 12.6 Å². The molecule has 4 heteroatoms. The molecule has 0 aromatic carbocycles. The van der Waals surface area contributed by atoms with E-state index in [-0.39, 0.29) is 5.25 Å². The maximum absolute atomic E-state index is 4.62. The van der Waals surface area contributed by atoms with Crippen LogP contribution in [0.3, 0.4) is 0 Å². The summed E-state index contributed by atoms with van der Waals surface area (Å²) in [5.41, 5.74) is 2.43. The monoisotopic (exact) mass is 225 g/mol. The second kappa shape index (κ2) is 4.56. The van der Waals surface area contributed by atoms with Gasteiger partial charge in [-0.2, -0.15) is 12.6 Å². The van der Waals surface area contributed by atoms with Gasteiger partial charge in [0.2, 0.25) is 0 Å². The maximum atomic E-state index is 4.62. The van der Waals surface area contributed by atoms with Gasteiger partial charge in [0.25, 0.3) is 0 Å². The number of nitrogens with zero attached hydrogens (tertiary/aromatic N) is 3. The SMILES string of the molecule is CC(C)n1nnc2c1CCCCCC2S. The smallest absolute Gasteiger partial charge is 0.0986 e. The lowest BCUT2D eigenvalue weighted by Crippen LogP contribution is -2.10. The van der Waals surface area contributed by atoms with Gasteiger partial charge in [-0.05, 0) is 33.1 Å². The van der Waals surface area contributed by atoms with Crippen LogP contribution in [0.25, 0.3) is 0 Å². The molecule has 1 aromatic heterocycles. The zero-order valence-electron chi connectivity index (χ0n) is 9.48. The van der Waals surface area contributed by atoms with Crippen molar-refractivity contribution in [3.63, 3.8) is 0 Å². The molecule has 0 saturated heterocycles. The highest BCUT2D eigenvalue weighted by Gasteiger charge is 2.21. The molecule has 84 valence electrons. The van der Waals surface area contributed by atoms with Crippen molar-refractivity contribution in [1.29, 1.82) is 0 Å². The molecule has 0 amide bonds. The Labute approximate surface area is 96.7 Å². The number of aromatic nitrogens is 3. The summed E-state index contributed by atoms with van der Waals surface area (Å²) in [7, 11) is 0. The molecule has 1 heterocycles. The highest BCUT2D eigenvalue weighted by molar-refractivity contribution is 7.80. The van der Waals surface area contributed by atoms with Crippen LogP contribution in [0.15, 0.2) is 0 Å². The minimum absolute atomic E-state index is 0.285. The Morgan fingerprint density at radius 2 is 2.13 bits per heavy atom. The first-order valence-electron chi connectivity index (χ1n) is 5.82. The summed E-state index contributed by atoms with van der Waals surface area (Å²) in [6, 6.07) is 0.404. The van der Waals surface area contributed by atoms with Crippen molar-refractivity contribution in [3.05, 3.63) is 11.4 Å². The van der Waals surface area contributed by atoms with Crippen LogP contribution < -0.4 is 0 Å². The van der Waals surface area contributed by atoms with E-state index in [0.29, 0.717) is 6.04 Å². The summed E-state index contributed by atoms with van der Waals surface area (Å²) in [5.74, 6) is 0. The van der Waals surface area contributed by atoms with Crippen LogP contribution in [0.1, 0.15) is 62.2 Å². The van der Waals surface area contributed by atoms with Crippen LogP contribution in [-0.4, -0.2) is 15.0 Å². The number of rotatable bonds is 1. The van der Waals surface area contributed by atoms with Crippen LogP contribution in [0.4, 0.5) is 0 Å². The second-order valence-electron chi connectivity index (χ2n) is 4.57. The van der Waals surface area contributed by atoms with Gasteiger partial charge < -0.3 is 0 Å². The molecule has 1 aliphatic carbocycles. The first-order chi connectivity index (χ1) is 7.20. The summed E-state index contributed by atoms with van der Waals surface area (Å²) in [4.78, 5) is 0. The van der Waals surface area contributed by atoms with Crippen molar-refractivity contribution < 1.29 is 0 Å². The standard InChI is InChI=1S/C11H19N3S/c1-8(2)14-9-6-4-3-5-7-10(15)11(9)12-13-14/h8,10,15H,3-7H2,1-2H3. The minimum Gasteiger partial charge on any atom is -0.247 e. The molecule has 1 aliphatic rings. The quantitative estimate of drug-likeness (QED) is 0.745. The van der Waals surface area contributed by atoms with Gasteiger partial charge in [-0.15, -0.1) is 5.10 Å².